The van der Waals surface area contributed by atoms with Crippen LogP contribution >= 0.6 is 11.6 Å². The first-order chi connectivity index (χ1) is 11.6. The highest BCUT2D eigenvalue weighted by molar-refractivity contribution is 6.33. The lowest BCUT2D eigenvalue weighted by Crippen LogP contribution is -2.48. The van der Waals surface area contributed by atoms with Crippen molar-refractivity contribution in [1.82, 2.24) is 4.90 Å². The van der Waals surface area contributed by atoms with Crippen LogP contribution in [0.15, 0.2) is 54.6 Å². The Balaban J connectivity index is 1.58. The number of halogens is 2. The topological polar surface area (TPSA) is 23.6 Å². The molecule has 0 unspecified atom stereocenters. The zero-order valence-electron chi connectivity index (χ0n) is 13.2. The standard InChI is InChI=1S/C19H18ClFN2O/c20-17-6-1-2-7-18(17)22-10-12-23(13-11-22)19(24)9-8-15-4-3-5-16(21)14-15/h1-9,14H,10-13H2/b9-8+. The van der Waals surface area contributed by atoms with Crippen molar-refractivity contribution in [3.8, 4) is 0 Å². The van der Waals surface area contributed by atoms with E-state index < -0.39 is 0 Å². The number of carbonyl (C=O) groups excluding carboxylic acids is 1. The Morgan fingerprint density at radius 3 is 2.50 bits per heavy atom. The van der Waals surface area contributed by atoms with Crippen LogP contribution in [0.2, 0.25) is 5.02 Å². The molecule has 0 aromatic heterocycles. The van der Waals surface area contributed by atoms with E-state index in [9.17, 15) is 9.18 Å². The van der Waals surface area contributed by atoms with Crippen molar-refractivity contribution >= 4 is 29.3 Å². The minimum absolute atomic E-state index is 0.0573. The van der Waals surface area contributed by atoms with Crippen LogP contribution in [0.5, 0.6) is 0 Å². The molecule has 0 saturated carbocycles. The van der Waals surface area contributed by atoms with E-state index in [0.29, 0.717) is 18.7 Å². The lowest BCUT2D eigenvalue weighted by atomic mass is 10.2. The summed E-state index contributed by atoms with van der Waals surface area (Å²) in [6.07, 6.45) is 3.14. The summed E-state index contributed by atoms with van der Waals surface area (Å²) in [5.74, 6) is -0.365. The van der Waals surface area contributed by atoms with E-state index in [1.807, 2.05) is 24.3 Å². The summed E-state index contributed by atoms with van der Waals surface area (Å²) in [5, 5.41) is 0.725. The second-order valence-corrected chi connectivity index (χ2v) is 6.06. The molecule has 0 spiro atoms. The van der Waals surface area contributed by atoms with Crippen molar-refractivity contribution in [3.05, 3.63) is 71.0 Å². The molecule has 0 aliphatic carbocycles. The summed E-state index contributed by atoms with van der Waals surface area (Å²) in [6, 6.07) is 13.9. The smallest absolute Gasteiger partial charge is 0.246 e. The first-order valence-electron chi connectivity index (χ1n) is 7.85. The molecule has 0 N–H and O–H groups in total. The fourth-order valence-electron chi connectivity index (χ4n) is 2.76. The molecule has 2 aromatic rings. The summed E-state index contributed by atoms with van der Waals surface area (Å²) >= 11 is 6.22. The van der Waals surface area contributed by atoms with E-state index in [0.717, 1.165) is 23.8 Å². The second kappa shape index (κ2) is 7.49. The maximum Gasteiger partial charge on any atom is 0.246 e. The van der Waals surface area contributed by atoms with Crippen molar-refractivity contribution < 1.29 is 9.18 Å². The van der Waals surface area contributed by atoms with E-state index >= 15 is 0 Å². The molecule has 5 heteroatoms. The van der Waals surface area contributed by atoms with E-state index in [-0.39, 0.29) is 11.7 Å². The fraction of sp³-hybridized carbons (Fsp3) is 0.211. The van der Waals surface area contributed by atoms with Gasteiger partial charge in [0.2, 0.25) is 5.91 Å². The maximum absolute atomic E-state index is 13.1. The number of hydrogen-bond acceptors (Lipinski definition) is 2. The van der Waals surface area contributed by atoms with Gasteiger partial charge in [-0.05, 0) is 35.9 Å². The third kappa shape index (κ3) is 3.95. The Morgan fingerprint density at radius 2 is 1.79 bits per heavy atom. The first-order valence-corrected chi connectivity index (χ1v) is 8.23. The van der Waals surface area contributed by atoms with Crippen LogP contribution in [0.25, 0.3) is 6.08 Å². The average Bonchev–Trinajstić information content (AvgIpc) is 2.60. The van der Waals surface area contributed by atoms with Gasteiger partial charge in [0, 0.05) is 32.3 Å². The molecule has 0 radical (unpaired) electrons. The van der Waals surface area contributed by atoms with Gasteiger partial charge in [-0.3, -0.25) is 4.79 Å². The van der Waals surface area contributed by atoms with E-state index in [2.05, 4.69) is 4.90 Å². The molecule has 1 fully saturated rings. The number of anilines is 1. The molecule has 1 heterocycles. The Bertz CT molecular complexity index is 755. The van der Waals surface area contributed by atoms with Gasteiger partial charge in [0.05, 0.1) is 10.7 Å². The third-order valence-corrected chi connectivity index (χ3v) is 4.37. The second-order valence-electron chi connectivity index (χ2n) is 5.65. The highest BCUT2D eigenvalue weighted by Crippen LogP contribution is 2.26. The highest BCUT2D eigenvalue weighted by Gasteiger charge is 2.20. The highest BCUT2D eigenvalue weighted by atomic mass is 35.5. The molecule has 1 aliphatic rings. The largest absolute Gasteiger partial charge is 0.367 e. The van der Waals surface area contributed by atoms with Crippen molar-refractivity contribution in [2.45, 2.75) is 0 Å². The number of piperazine rings is 1. The fourth-order valence-corrected chi connectivity index (χ4v) is 3.01. The quantitative estimate of drug-likeness (QED) is 0.790. The predicted molar refractivity (Wildman–Crippen MR) is 95.7 cm³/mol. The van der Waals surface area contributed by atoms with Crippen molar-refractivity contribution in [1.29, 1.82) is 0 Å². The number of carbonyl (C=O) groups is 1. The molecule has 1 saturated heterocycles. The Labute approximate surface area is 145 Å². The van der Waals surface area contributed by atoms with Gasteiger partial charge in [-0.25, -0.2) is 4.39 Å². The van der Waals surface area contributed by atoms with Gasteiger partial charge in [-0.1, -0.05) is 35.9 Å². The van der Waals surface area contributed by atoms with Crippen LogP contribution in [0.1, 0.15) is 5.56 Å². The molecule has 0 bridgehead atoms. The number of rotatable bonds is 3. The number of benzene rings is 2. The maximum atomic E-state index is 13.1. The summed E-state index contributed by atoms with van der Waals surface area (Å²) in [7, 11) is 0. The Kier molecular flexibility index (Phi) is 5.16. The van der Waals surface area contributed by atoms with Gasteiger partial charge in [0.15, 0.2) is 0 Å². The van der Waals surface area contributed by atoms with Crippen LogP contribution in [0.3, 0.4) is 0 Å². The average molecular weight is 345 g/mol. The normalized spacial score (nSPS) is 15.1. The minimum Gasteiger partial charge on any atom is -0.367 e. The van der Waals surface area contributed by atoms with Crippen molar-refractivity contribution in [2.75, 3.05) is 31.1 Å². The van der Waals surface area contributed by atoms with Gasteiger partial charge < -0.3 is 9.80 Å². The van der Waals surface area contributed by atoms with Gasteiger partial charge in [-0.15, -0.1) is 0 Å². The van der Waals surface area contributed by atoms with Crippen molar-refractivity contribution in [3.63, 3.8) is 0 Å². The first kappa shape index (κ1) is 16.5. The van der Waals surface area contributed by atoms with E-state index in [4.69, 9.17) is 11.6 Å². The molecule has 3 rings (SSSR count). The molecule has 0 atom stereocenters. The monoisotopic (exact) mass is 344 g/mol. The number of nitrogens with zero attached hydrogens (tertiary/aromatic N) is 2. The molecule has 2 aromatic carbocycles. The lowest BCUT2D eigenvalue weighted by molar-refractivity contribution is -0.126. The van der Waals surface area contributed by atoms with Crippen molar-refractivity contribution in [2.24, 2.45) is 0 Å². The number of hydrogen-bond donors (Lipinski definition) is 0. The predicted octanol–water partition coefficient (Wildman–Crippen LogP) is 3.84. The van der Waals surface area contributed by atoms with E-state index in [1.165, 1.54) is 18.2 Å². The molecular formula is C19H18ClFN2O. The van der Waals surface area contributed by atoms with Gasteiger partial charge in [0.1, 0.15) is 5.82 Å². The number of amides is 1. The minimum atomic E-state index is -0.307. The van der Waals surface area contributed by atoms with Crippen LogP contribution in [0.4, 0.5) is 10.1 Å². The van der Waals surface area contributed by atoms with Gasteiger partial charge in [0.25, 0.3) is 0 Å². The molecule has 1 amide bonds. The van der Waals surface area contributed by atoms with Gasteiger partial charge in [-0.2, -0.15) is 0 Å². The Hall–Kier alpha value is -2.33. The summed E-state index contributed by atoms with van der Waals surface area (Å²) in [5.41, 5.74) is 1.68. The summed E-state index contributed by atoms with van der Waals surface area (Å²) in [4.78, 5) is 16.2. The number of para-hydroxylation sites is 1. The zero-order chi connectivity index (χ0) is 16.9. The van der Waals surface area contributed by atoms with Crippen LogP contribution < -0.4 is 4.90 Å². The van der Waals surface area contributed by atoms with Crippen LogP contribution in [-0.4, -0.2) is 37.0 Å². The molecule has 124 valence electrons. The SMILES string of the molecule is O=C(/C=C/c1cccc(F)c1)N1CCN(c2ccccc2Cl)CC1. The summed E-state index contributed by atoms with van der Waals surface area (Å²) < 4.78 is 13.1. The summed E-state index contributed by atoms with van der Waals surface area (Å²) in [6.45, 7) is 2.75. The van der Waals surface area contributed by atoms with E-state index in [1.54, 1.807) is 23.1 Å². The van der Waals surface area contributed by atoms with Gasteiger partial charge >= 0.3 is 0 Å². The third-order valence-electron chi connectivity index (χ3n) is 4.05. The van der Waals surface area contributed by atoms with Crippen LogP contribution in [-0.2, 0) is 4.79 Å². The molecule has 3 nitrogen and oxygen atoms in total. The van der Waals surface area contributed by atoms with Crippen LogP contribution in [0, 0.1) is 5.82 Å². The Morgan fingerprint density at radius 1 is 1.04 bits per heavy atom. The lowest BCUT2D eigenvalue weighted by Gasteiger charge is -2.36. The zero-order valence-corrected chi connectivity index (χ0v) is 13.9. The molecule has 1 aliphatic heterocycles. The molecule has 24 heavy (non-hydrogen) atoms. The molecular weight excluding hydrogens is 327 g/mol.